The van der Waals surface area contributed by atoms with Crippen LogP contribution in [-0.2, 0) is 11.8 Å². The molecule has 1 unspecified atom stereocenters. The lowest BCUT2D eigenvalue weighted by atomic mass is 9.81. The van der Waals surface area contributed by atoms with E-state index < -0.39 is 0 Å². The van der Waals surface area contributed by atoms with Crippen LogP contribution >= 0.6 is 0 Å². The third-order valence-corrected chi connectivity index (χ3v) is 3.88. The van der Waals surface area contributed by atoms with Crippen LogP contribution in [0.4, 0.5) is 0 Å². The predicted octanol–water partition coefficient (Wildman–Crippen LogP) is 4.22. The monoisotopic (exact) mass is 245 g/mol. The van der Waals surface area contributed by atoms with Crippen LogP contribution in [0.3, 0.4) is 0 Å². The fourth-order valence-corrected chi connectivity index (χ4v) is 2.79. The zero-order chi connectivity index (χ0) is 13.3. The van der Waals surface area contributed by atoms with E-state index in [9.17, 15) is 0 Å². The first kappa shape index (κ1) is 13.6. The Morgan fingerprint density at radius 2 is 2.00 bits per heavy atom. The second kappa shape index (κ2) is 5.05. The number of fused-ring (bicyclic) bond motifs is 1. The molecule has 1 nitrogen and oxygen atoms in total. The Hall–Kier alpha value is -0.820. The van der Waals surface area contributed by atoms with Crippen LogP contribution in [0.2, 0.25) is 0 Å². The Balaban J connectivity index is 2.35. The van der Waals surface area contributed by atoms with Crippen LogP contribution in [0.15, 0.2) is 18.2 Å². The molecule has 0 amide bonds. The summed E-state index contributed by atoms with van der Waals surface area (Å²) in [5.74, 6) is 0.742. The van der Waals surface area contributed by atoms with Crippen molar-refractivity contribution in [2.75, 3.05) is 6.54 Å². The molecule has 0 fully saturated rings. The van der Waals surface area contributed by atoms with E-state index in [1.807, 2.05) is 0 Å². The van der Waals surface area contributed by atoms with Crippen LogP contribution in [0, 0.1) is 5.92 Å². The molecule has 1 aliphatic rings. The molecule has 0 aromatic heterocycles. The summed E-state index contributed by atoms with van der Waals surface area (Å²) >= 11 is 0. The fourth-order valence-electron chi connectivity index (χ4n) is 2.79. The van der Waals surface area contributed by atoms with Gasteiger partial charge in [-0.2, -0.15) is 0 Å². The minimum Gasteiger partial charge on any atom is -0.310 e. The summed E-state index contributed by atoms with van der Waals surface area (Å²) in [5.41, 5.74) is 4.79. The van der Waals surface area contributed by atoms with Crippen molar-refractivity contribution < 1.29 is 0 Å². The molecular formula is C17H27N. The van der Waals surface area contributed by atoms with Gasteiger partial charge >= 0.3 is 0 Å². The first-order valence-corrected chi connectivity index (χ1v) is 7.24. The van der Waals surface area contributed by atoms with E-state index in [1.165, 1.54) is 18.4 Å². The molecule has 0 radical (unpaired) electrons. The van der Waals surface area contributed by atoms with E-state index in [2.05, 4.69) is 58.1 Å². The van der Waals surface area contributed by atoms with Crippen molar-refractivity contribution in [1.82, 2.24) is 5.32 Å². The van der Waals surface area contributed by atoms with Gasteiger partial charge in [0.25, 0.3) is 0 Å². The van der Waals surface area contributed by atoms with Gasteiger partial charge in [0.2, 0.25) is 0 Å². The molecule has 1 N–H and O–H groups in total. The van der Waals surface area contributed by atoms with E-state index in [0.717, 1.165) is 12.5 Å². The lowest BCUT2D eigenvalue weighted by Crippen LogP contribution is -2.31. The Kier molecular flexibility index (Phi) is 3.82. The van der Waals surface area contributed by atoms with E-state index in [4.69, 9.17) is 0 Å². The smallest absolute Gasteiger partial charge is 0.0325 e. The number of rotatable bonds is 2. The molecule has 0 aliphatic carbocycles. The van der Waals surface area contributed by atoms with E-state index in [0.29, 0.717) is 6.04 Å². The molecule has 0 spiro atoms. The molecule has 1 aromatic carbocycles. The van der Waals surface area contributed by atoms with Gasteiger partial charge in [-0.25, -0.2) is 0 Å². The largest absolute Gasteiger partial charge is 0.310 e. The molecule has 0 saturated heterocycles. The summed E-state index contributed by atoms with van der Waals surface area (Å²) < 4.78 is 0. The van der Waals surface area contributed by atoms with E-state index in [-0.39, 0.29) is 5.41 Å². The molecular weight excluding hydrogens is 218 g/mol. The fraction of sp³-hybridized carbons (Fsp3) is 0.647. The van der Waals surface area contributed by atoms with Crippen molar-refractivity contribution in [3.63, 3.8) is 0 Å². The van der Waals surface area contributed by atoms with Gasteiger partial charge in [0, 0.05) is 6.04 Å². The topological polar surface area (TPSA) is 12.0 Å². The van der Waals surface area contributed by atoms with Crippen LogP contribution in [0.1, 0.15) is 63.8 Å². The van der Waals surface area contributed by atoms with Gasteiger partial charge in [0.15, 0.2) is 0 Å². The summed E-state index contributed by atoms with van der Waals surface area (Å²) in [7, 11) is 0. The van der Waals surface area contributed by atoms with Crippen LogP contribution in [0.25, 0.3) is 0 Å². The molecule has 1 heteroatoms. The summed E-state index contributed by atoms with van der Waals surface area (Å²) in [6.45, 7) is 12.6. The highest BCUT2D eigenvalue weighted by Crippen LogP contribution is 2.32. The second-order valence-corrected chi connectivity index (χ2v) is 7.05. The molecule has 1 heterocycles. The number of nitrogens with one attached hydrogen (secondary N) is 1. The van der Waals surface area contributed by atoms with Crippen molar-refractivity contribution in [2.45, 2.75) is 58.9 Å². The lowest BCUT2D eigenvalue weighted by Gasteiger charge is -2.30. The summed E-state index contributed by atoms with van der Waals surface area (Å²) in [6, 6.07) is 7.66. The summed E-state index contributed by atoms with van der Waals surface area (Å²) in [5, 5.41) is 3.69. The predicted molar refractivity (Wildman–Crippen MR) is 79.0 cm³/mol. The van der Waals surface area contributed by atoms with Gasteiger partial charge in [0.05, 0.1) is 0 Å². The Labute approximate surface area is 112 Å². The van der Waals surface area contributed by atoms with Crippen molar-refractivity contribution >= 4 is 0 Å². The van der Waals surface area contributed by atoms with Gasteiger partial charge in [0.1, 0.15) is 0 Å². The van der Waals surface area contributed by atoms with Gasteiger partial charge < -0.3 is 5.32 Å². The average molecular weight is 245 g/mol. The van der Waals surface area contributed by atoms with Gasteiger partial charge in [-0.05, 0) is 47.4 Å². The molecule has 1 aromatic rings. The third-order valence-electron chi connectivity index (χ3n) is 3.88. The molecule has 100 valence electrons. The third kappa shape index (κ3) is 2.95. The first-order chi connectivity index (χ1) is 8.38. The van der Waals surface area contributed by atoms with Crippen LogP contribution in [-0.4, -0.2) is 6.54 Å². The minimum atomic E-state index is 0.245. The molecule has 2 rings (SSSR count). The molecule has 0 bridgehead atoms. The highest BCUT2D eigenvalue weighted by Gasteiger charge is 2.23. The standard InChI is InChI=1S/C17H27N/c1-12(2)10-16-15-11-14(17(3,4)5)7-6-13(15)8-9-18-16/h6-7,11-12,16,18H,8-10H2,1-5H3. The zero-order valence-corrected chi connectivity index (χ0v) is 12.5. The Morgan fingerprint density at radius 1 is 1.28 bits per heavy atom. The lowest BCUT2D eigenvalue weighted by molar-refractivity contribution is 0.413. The summed E-state index contributed by atoms with van der Waals surface area (Å²) in [6.07, 6.45) is 2.41. The molecule has 1 aliphatic heterocycles. The zero-order valence-electron chi connectivity index (χ0n) is 12.5. The quantitative estimate of drug-likeness (QED) is 0.822. The Bertz CT molecular complexity index is 412. The minimum absolute atomic E-state index is 0.245. The van der Waals surface area contributed by atoms with E-state index in [1.54, 1.807) is 11.1 Å². The van der Waals surface area contributed by atoms with Crippen molar-refractivity contribution in [3.05, 3.63) is 34.9 Å². The maximum absolute atomic E-state index is 3.69. The van der Waals surface area contributed by atoms with Crippen LogP contribution in [0.5, 0.6) is 0 Å². The molecule has 0 saturated carbocycles. The highest BCUT2D eigenvalue weighted by molar-refractivity contribution is 5.38. The maximum atomic E-state index is 3.69. The second-order valence-electron chi connectivity index (χ2n) is 7.05. The average Bonchev–Trinajstić information content (AvgIpc) is 2.27. The SMILES string of the molecule is CC(C)CC1NCCc2ccc(C(C)(C)C)cc21. The van der Waals surface area contributed by atoms with Gasteiger partial charge in [-0.15, -0.1) is 0 Å². The normalized spacial score (nSPS) is 20.0. The van der Waals surface area contributed by atoms with Crippen LogP contribution < -0.4 is 5.32 Å². The maximum Gasteiger partial charge on any atom is 0.0325 e. The summed E-state index contributed by atoms with van der Waals surface area (Å²) in [4.78, 5) is 0. The van der Waals surface area contributed by atoms with E-state index >= 15 is 0 Å². The van der Waals surface area contributed by atoms with Crippen molar-refractivity contribution in [1.29, 1.82) is 0 Å². The van der Waals surface area contributed by atoms with Gasteiger partial charge in [-0.1, -0.05) is 52.8 Å². The first-order valence-electron chi connectivity index (χ1n) is 7.24. The molecule has 1 atom stereocenters. The number of hydrogen-bond donors (Lipinski definition) is 1. The highest BCUT2D eigenvalue weighted by atomic mass is 14.9. The van der Waals surface area contributed by atoms with Crippen molar-refractivity contribution in [2.24, 2.45) is 5.92 Å². The molecule has 18 heavy (non-hydrogen) atoms. The number of benzene rings is 1. The Morgan fingerprint density at radius 3 is 2.61 bits per heavy atom. The van der Waals surface area contributed by atoms with Gasteiger partial charge in [-0.3, -0.25) is 0 Å². The van der Waals surface area contributed by atoms with Crippen molar-refractivity contribution in [3.8, 4) is 0 Å². The number of hydrogen-bond acceptors (Lipinski definition) is 1.